The summed E-state index contributed by atoms with van der Waals surface area (Å²) in [7, 11) is -70.4. The summed E-state index contributed by atoms with van der Waals surface area (Å²) in [6, 6.07) is 1.33. The number of hydrogen-bond donors (Lipinski definition) is 11. The van der Waals surface area contributed by atoms with Crippen LogP contribution in [0.5, 0.6) is 0 Å². The van der Waals surface area contributed by atoms with E-state index in [-0.39, 0.29) is 86.4 Å². The van der Waals surface area contributed by atoms with E-state index in [0.29, 0.717) is 11.2 Å². The first-order chi connectivity index (χ1) is 59.8. The highest BCUT2D eigenvalue weighted by Crippen LogP contribution is 2.65. The van der Waals surface area contributed by atoms with Gasteiger partial charge in [-0.15, -0.1) is 31.3 Å². The molecule has 130 heavy (non-hydrogen) atoms. The summed E-state index contributed by atoms with van der Waals surface area (Å²) in [6.45, 7) is 12.2. The van der Waals surface area contributed by atoms with Crippen LogP contribution in [0.15, 0.2) is 107 Å². The molecular formula is C51H71N15O52P12-10. The van der Waals surface area contributed by atoms with Crippen molar-refractivity contribution in [3.05, 3.63) is 135 Å². The number of fused-ring (bicyclic) bond motifs is 2. The number of hydrogen-bond acceptors (Lipinski definition) is 55. The molecule has 4 saturated heterocycles. The van der Waals surface area contributed by atoms with Gasteiger partial charge in [-0.1, -0.05) is 34.3 Å². The van der Waals surface area contributed by atoms with Crippen molar-refractivity contribution in [2.75, 3.05) is 70.1 Å². The third-order valence-corrected chi connectivity index (χ3v) is 30.6. The number of phosphoric ester groups is 4. The van der Waals surface area contributed by atoms with Crippen LogP contribution < -0.4 is 108 Å². The van der Waals surface area contributed by atoms with Crippen LogP contribution in [0.1, 0.15) is 56.2 Å². The van der Waals surface area contributed by atoms with Gasteiger partial charge in [-0.2, -0.15) is 9.55 Å². The number of phosphoric acid groups is 12. The van der Waals surface area contributed by atoms with E-state index < -0.39 is 217 Å². The second-order valence-electron chi connectivity index (χ2n) is 25.4. The lowest BCUT2D eigenvalue weighted by Crippen LogP contribution is -2.46. The highest BCUT2D eigenvalue weighted by atomic mass is 31.3. The first-order valence-corrected chi connectivity index (χ1v) is 52.4. The van der Waals surface area contributed by atoms with Crippen LogP contribution in [0.3, 0.4) is 0 Å². The smallest absolute Gasteiger partial charge is 0.351 e. The molecular weight excluding hydrogens is 2030 g/mol. The summed E-state index contributed by atoms with van der Waals surface area (Å²) < 4.78 is 229. The van der Waals surface area contributed by atoms with Gasteiger partial charge in [0.15, 0.2) is 36.1 Å². The Bertz CT molecular complexity index is 5890. The van der Waals surface area contributed by atoms with Crippen molar-refractivity contribution in [1.29, 1.82) is 0 Å². The number of H-pyrrole nitrogens is 4. The van der Waals surface area contributed by atoms with Crippen molar-refractivity contribution < 1.29 is 233 Å². The normalized spacial score (nSPS) is 26.6. The SMILES string of the molecule is C=CCO[C@@H]1C[C@H]([n+]2c(N)[nH]c(=O)c3[nH]cnc32)O[C@@H]1COP(=O)([O-])OP(=O)([O-])OP(=O)([O-])O.C=CCO[C@@H]1C[C@H]([n+]2cnc(N)c3[nH]cnc32)O[C@@H]1COP(=O)([O-])OP(=O)([O-])OP(=O)([O-])O.C=CCO[C@@H]1C[C@H](n2cc(C)c(=O)[nH]c2=O)O[C@@H]1COP(=O)([O-])OP(=O)([O-])OP(=O)([O-])O.C=CCO[C@@H]1C[C@H](n2ccc(N)nc2=O)O[C@@H]1COP(=O)([O-])OP(=O)([O-])OP(=O)([O-])O. The van der Waals surface area contributed by atoms with Crippen molar-refractivity contribution in [3.63, 3.8) is 0 Å². The Morgan fingerprint density at radius 1 is 0.469 bits per heavy atom. The second-order valence-corrected chi connectivity index (χ2v) is 42.5. The lowest BCUT2D eigenvalue weighted by Gasteiger charge is -2.33. The average molecular weight is 2100 g/mol. The van der Waals surface area contributed by atoms with Gasteiger partial charge >= 0.3 is 22.9 Å². The van der Waals surface area contributed by atoms with Crippen LogP contribution in [0.4, 0.5) is 17.6 Å². The van der Waals surface area contributed by atoms with Gasteiger partial charge < -0.3 is 161 Å². The van der Waals surface area contributed by atoms with Crippen molar-refractivity contribution in [2.24, 2.45) is 0 Å². The minimum atomic E-state index is -6.05. The van der Waals surface area contributed by atoms with Gasteiger partial charge in [0.1, 0.15) is 42.7 Å². The zero-order chi connectivity index (χ0) is 97.5. The Labute approximate surface area is 724 Å². The van der Waals surface area contributed by atoms with Crippen molar-refractivity contribution in [2.45, 2.75) is 106 Å². The number of ether oxygens (including phenoxy) is 8. The number of anilines is 3. The molecule has 0 amide bonds. The van der Waals surface area contributed by atoms with Gasteiger partial charge in [-0.05, 0) is 13.0 Å². The van der Waals surface area contributed by atoms with E-state index in [1.807, 2.05) is 0 Å². The predicted molar refractivity (Wildman–Crippen MR) is 395 cm³/mol. The lowest BCUT2D eigenvalue weighted by molar-refractivity contribution is -0.740. The first-order valence-electron chi connectivity index (χ1n) is 34.7. The monoisotopic (exact) mass is 2100 g/mol. The standard InChI is InChI=1S/C13H20N5O13P3.C13H20N5O12P3.C13H21N2O14P3.C12H20N3O13P3/c1-2-3-27-7-4-9(18-11-10(15-6-16-11)12(19)17-13(18)14)29-8(7)5-28-33(23,24)31-34(25,26)30-32(20,21)22;1-2-3-26-8-4-10(18-7-17-12(14)11-13(18)16-6-15-11)28-9(8)5-27-32(22,23)30-33(24,25)29-31(19,20)21;1-3-4-25-9-5-11(15-6-8(2)12(16)14-13(15)17)27-10(9)7-26-31(21,22)29-32(23,24)28-30(18,19)20;1-2-5-24-8-6-11(15-4-3-10(13)14-12(15)16)26-9(8)7-25-30(20,21)28-31(22,23)27-29(17,18)19/h2,6-9H,1,3-5H2,(H7,14,15,16,17,19,20,21,22,23,24,25,26);2,6-10H,1,3-5H2,(H6,14,15,16,19,20,21,22,23,24,25);3,6,9-11H,1,4-5,7H2,2H3,(H,21,22)(H,23,24)(H,14,16,17)(H2,18,19,20);2-4,8-9,11H,1,5-7H2,(H,20,21)(H,22,23)(H2,13,14,16)(H2,17,18,19)/p-10/t7-,8-,9-;8-,9-,10-;9-,10-,11-;8-,9-,11-/m1111/s1. The number of nitrogens with one attached hydrogen (secondary N) is 4. The molecule has 14 N–H and O–H groups in total. The number of nitrogen functional groups attached to an aromatic ring is 3. The molecule has 79 heteroatoms. The van der Waals surface area contributed by atoms with Crippen molar-refractivity contribution >= 4 is 134 Å². The molecule has 4 fully saturated rings. The Kier molecular flexibility index (Phi) is 39.2. The van der Waals surface area contributed by atoms with Gasteiger partial charge in [0, 0.05) is 43.6 Å². The number of nitrogens with zero attached hydrogens (tertiary/aromatic N) is 8. The molecule has 12 unspecified atom stereocenters. The summed E-state index contributed by atoms with van der Waals surface area (Å²) in [5.41, 5.74) is 15.6. The molecule has 4 aliphatic rings. The maximum atomic E-state index is 12.1. The lowest BCUT2D eigenvalue weighted by atomic mass is 10.2. The fourth-order valence-corrected chi connectivity index (χ4v) is 22.8. The zero-order valence-electron chi connectivity index (χ0n) is 65.1. The third kappa shape index (κ3) is 35.7. The van der Waals surface area contributed by atoms with E-state index in [1.165, 1.54) is 77.8 Å². The molecule has 10 rings (SSSR count). The van der Waals surface area contributed by atoms with E-state index in [4.69, 9.17) is 74.7 Å². The van der Waals surface area contributed by atoms with E-state index in [0.717, 1.165) is 9.13 Å². The Morgan fingerprint density at radius 3 is 1.21 bits per heavy atom. The molecule has 0 aliphatic carbocycles. The minimum absolute atomic E-state index is 0.00121. The predicted octanol–water partition coefficient (Wildman–Crippen LogP) is -8.16. The Hall–Kier alpha value is -5.86. The molecule has 0 radical (unpaired) electrons. The van der Waals surface area contributed by atoms with Crippen molar-refractivity contribution in [3.8, 4) is 0 Å². The Balaban J connectivity index is 0.000000237. The maximum absolute atomic E-state index is 12.1. The third-order valence-electron chi connectivity index (χ3n) is 15.9. The van der Waals surface area contributed by atoms with Crippen LogP contribution in [-0.2, 0) is 145 Å². The van der Waals surface area contributed by atoms with E-state index in [9.17, 15) is 133 Å². The van der Waals surface area contributed by atoms with E-state index in [1.54, 1.807) is 0 Å². The summed E-state index contributed by atoms with van der Waals surface area (Å²) >= 11 is 0. The largest absolute Gasteiger partial charge is 0.756 e. The molecule has 6 aromatic heterocycles. The summed E-state index contributed by atoms with van der Waals surface area (Å²) in [5, 5.41) is 0. The first kappa shape index (κ1) is 111. The highest BCUT2D eigenvalue weighted by Gasteiger charge is 2.46. The molecule has 10 heterocycles. The molecule has 24 atom stereocenters. The van der Waals surface area contributed by atoms with Crippen LogP contribution in [0, 0.1) is 6.92 Å². The number of aromatic nitrogens is 12. The van der Waals surface area contributed by atoms with Gasteiger partial charge in [0.05, 0.1) is 77.3 Å². The fourth-order valence-electron chi connectivity index (χ4n) is 11.2. The van der Waals surface area contributed by atoms with Gasteiger partial charge in [-0.3, -0.25) is 78.5 Å². The summed E-state index contributed by atoms with van der Waals surface area (Å²) in [4.78, 5) is 241. The van der Waals surface area contributed by atoms with E-state index >= 15 is 0 Å². The fraction of sp³-hybridized carbons (Fsp3) is 0.490. The topological polar surface area (TPSA) is 1030 Å². The molecule has 67 nitrogen and oxygen atoms in total. The maximum Gasteiger partial charge on any atom is 0.351 e. The van der Waals surface area contributed by atoms with Crippen LogP contribution in [0.2, 0.25) is 0 Å². The Morgan fingerprint density at radius 2 is 0.823 bits per heavy atom. The molecule has 0 saturated carbocycles. The molecule has 6 aromatic rings. The average Bonchev–Trinajstić information content (AvgIpc) is 1.61. The second kappa shape index (κ2) is 45.9. The van der Waals surface area contributed by atoms with Crippen LogP contribution in [-0.4, -0.2) is 170 Å². The summed E-state index contributed by atoms with van der Waals surface area (Å²) in [5.74, 6) is 0.0278. The molecule has 4 aliphatic heterocycles. The molecule has 732 valence electrons. The molecule has 0 bridgehead atoms. The van der Waals surface area contributed by atoms with Crippen molar-refractivity contribution in [1.82, 2.24) is 49.0 Å². The number of rotatable bonds is 44. The number of aromatic amines is 4. The minimum Gasteiger partial charge on any atom is -0.756 e. The van der Waals surface area contributed by atoms with Crippen LogP contribution in [0.25, 0.3) is 22.3 Å². The number of imidazole rings is 2. The molecule has 0 aromatic carbocycles. The number of nitrogens with two attached hydrogens (primary N) is 3. The van der Waals surface area contributed by atoms with Gasteiger partial charge in [-0.25, -0.2) is 53.6 Å². The number of aryl methyl sites for hydroxylation is 1. The van der Waals surface area contributed by atoms with Crippen LogP contribution >= 0.6 is 93.9 Å². The molecule has 0 spiro atoms. The summed E-state index contributed by atoms with van der Waals surface area (Å²) in [6.07, 6.45) is 0.943. The van der Waals surface area contributed by atoms with E-state index in [2.05, 4.69) is 119 Å². The van der Waals surface area contributed by atoms with Gasteiger partial charge in [0.2, 0.25) is 12.1 Å². The zero-order valence-corrected chi connectivity index (χ0v) is 75.8. The highest BCUT2D eigenvalue weighted by molar-refractivity contribution is 7.67. The van der Waals surface area contributed by atoms with Gasteiger partial charge in [0.25, 0.3) is 111 Å². The quantitative estimate of drug-likeness (QED) is 0.00961.